The number of Topliss-reactive ketones (excluding diaryl/α,β-unsaturated/α-hetero) is 1. The molecule has 8 heteroatoms. The minimum absolute atomic E-state index is 0.171. The van der Waals surface area contributed by atoms with Crippen molar-refractivity contribution in [3.8, 4) is 0 Å². The number of carbonyl (C=O) groups is 2. The van der Waals surface area contributed by atoms with Crippen LogP contribution >= 0.6 is 23.2 Å². The van der Waals surface area contributed by atoms with E-state index in [1.54, 1.807) is 17.6 Å². The highest BCUT2D eigenvalue weighted by molar-refractivity contribution is 6.36. The van der Waals surface area contributed by atoms with E-state index >= 15 is 0 Å². The Hall–Kier alpha value is -2.70. The van der Waals surface area contributed by atoms with E-state index < -0.39 is 18.4 Å². The van der Waals surface area contributed by atoms with Crippen LogP contribution in [0.1, 0.15) is 33.3 Å². The number of aryl methyl sites for hydroxylation is 2. The van der Waals surface area contributed by atoms with Crippen molar-refractivity contribution in [2.24, 2.45) is 0 Å². The van der Waals surface area contributed by atoms with Crippen LogP contribution in [0.2, 0.25) is 10.0 Å². The molecule has 0 saturated carbocycles. The zero-order valence-corrected chi connectivity index (χ0v) is 16.7. The monoisotopic (exact) mass is 418 g/mol. The number of halogens is 2. The third-order valence-corrected chi connectivity index (χ3v) is 4.77. The maximum atomic E-state index is 12.3. The molecule has 0 unspecified atom stereocenters. The molecule has 0 fully saturated rings. The maximum absolute atomic E-state index is 12.3. The standard InChI is InChI=1S/C20H16Cl2N2O4/c1-3-24-17-7-4-12(8-16(17)23-11(2)19(24)26)20(27)28-10-18(25)14-6-5-13(21)9-15(14)22/h4-9H,3,10H2,1-2H3. The Bertz CT molecular complexity index is 1150. The van der Waals surface area contributed by atoms with E-state index in [9.17, 15) is 14.4 Å². The van der Waals surface area contributed by atoms with Gasteiger partial charge in [0.2, 0.25) is 5.78 Å². The fourth-order valence-corrected chi connectivity index (χ4v) is 3.34. The summed E-state index contributed by atoms with van der Waals surface area (Å²) >= 11 is 11.8. The molecule has 1 aromatic heterocycles. The summed E-state index contributed by atoms with van der Waals surface area (Å²) in [6, 6.07) is 9.17. The number of rotatable bonds is 5. The maximum Gasteiger partial charge on any atom is 0.338 e. The van der Waals surface area contributed by atoms with Crippen molar-refractivity contribution < 1.29 is 14.3 Å². The van der Waals surface area contributed by atoms with Crippen LogP contribution in [0, 0.1) is 6.92 Å². The quantitative estimate of drug-likeness (QED) is 0.460. The van der Waals surface area contributed by atoms with Gasteiger partial charge in [-0.25, -0.2) is 9.78 Å². The number of ether oxygens (including phenoxy) is 1. The Morgan fingerprint density at radius 3 is 2.57 bits per heavy atom. The summed E-state index contributed by atoms with van der Waals surface area (Å²) in [5, 5.41) is 0.597. The molecule has 0 bridgehead atoms. The smallest absolute Gasteiger partial charge is 0.338 e. The number of hydrogen-bond acceptors (Lipinski definition) is 5. The first-order chi connectivity index (χ1) is 13.3. The first-order valence-corrected chi connectivity index (χ1v) is 9.24. The van der Waals surface area contributed by atoms with E-state index in [4.69, 9.17) is 27.9 Å². The summed E-state index contributed by atoms with van der Waals surface area (Å²) in [6.45, 7) is 3.50. The van der Waals surface area contributed by atoms with E-state index in [1.165, 1.54) is 30.3 Å². The van der Waals surface area contributed by atoms with Gasteiger partial charge in [-0.05, 0) is 50.2 Å². The predicted octanol–water partition coefficient (Wildman–Crippen LogP) is 4.07. The van der Waals surface area contributed by atoms with Crippen molar-refractivity contribution in [1.82, 2.24) is 9.55 Å². The number of fused-ring (bicyclic) bond motifs is 1. The van der Waals surface area contributed by atoms with Crippen molar-refractivity contribution >= 4 is 46.0 Å². The van der Waals surface area contributed by atoms with E-state index in [2.05, 4.69) is 4.98 Å². The number of nitrogens with zero attached hydrogens (tertiary/aromatic N) is 2. The molecule has 2 aromatic carbocycles. The highest BCUT2D eigenvalue weighted by atomic mass is 35.5. The Morgan fingerprint density at radius 2 is 1.89 bits per heavy atom. The van der Waals surface area contributed by atoms with Crippen molar-refractivity contribution in [3.05, 3.63) is 73.6 Å². The van der Waals surface area contributed by atoms with Crippen molar-refractivity contribution in [1.29, 1.82) is 0 Å². The second-order valence-corrected chi connectivity index (χ2v) is 6.92. The van der Waals surface area contributed by atoms with Gasteiger partial charge in [0.15, 0.2) is 6.61 Å². The summed E-state index contributed by atoms with van der Waals surface area (Å²) in [4.78, 5) is 41.0. The highest BCUT2D eigenvalue weighted by Gasteiger charge is 2.16. The predicted molar refractivity (Wildman–Crippen MR) is 107 cm³/mol. The Morgan fingerprint density at radius 1 is 1.14 bits per heavy atom. The molecule has 0 radical (unpaired) electrons. The van der Waals surface area contributed by atoms with Crippen LogP contribution in [0.5, 0.6) is 0 Å². The average molecular weight is 419 g/mol. The molecule has 0 aliphatic heterocycles. The summed E-state index contributed by atoms with van der Waals surface area (Å²) < 4.78 is 6.69. The van der Waals surface area contributed by atoms with Gasteiger partial charge in [0.05, 0.1) is 21.6 Å². The third-order valence-electron chi connectivity index (χ3n) is 4.23. The Labute approximate surface area is 170 Å². The lowest BCUT2D eigenvalue weighted by Crippen LogP contribution is -2.23. The molecule has 0 amide bonds. The van der Waals surface area contributed by atoms with E-state index in [-0.39, 0.29) is 21.7 Å². The van der Waals surface area contributed by atoms with Gasteiger partial charge < -0.3 is 9.30 Å². The molecular weight excluding hydrogens is 403 g/mol. The van der Waals surface area contributed by atoms with Gasteiger partial charge in [0, 0.05) is 17.1 Å². The summed E-state index contributed by atoms with van der Waals surface area (Å²) in [5.74, 6) is -1.11. The highest BCUT2D eigenvalue weighted by Crippen LogP contribution is 2.21. The van der Waals surface area contributed by atoms with E-state index in [0.717, 1.165) is 0 Å². The second-order valence-electron chi connectivity index (χ2n) is 6.07. The largest absolute Gasteiger partial charge is 0.454 e. The number of carbonyl (C=O) groups excluding carboxylic acids is 2. The number of ketones is 1. The Kier molecular flexibility index (Phi) is 5.82. The third kappa shape index (κ3) is 3.93. The van der Waals surface area contributed by atoms with Crippen LogP contribution in [0.4, 0.5) is 0 Å². The fraction of sp³-hybridized carbons (Fsp3) is 0.200. The van der Waals surface area contributed by atoms with Gasteiger partial charge in [0.1, 0.15) is 5.69 Å². The lowest BCUT2D eigenvalue weighted by molar-refractivity contribution is 0.0475. The van der Waals surface area contributed by atoms with Crippen LogP contribution < -0.4 is 5.56 Å². The second kappa shape index (κ2) is 8.12. The Balaban J connectivity index is 1.81. The molecular formula is C20H16Cl2N2O4. The molecule has 144 valence electrons. The summed E-state index contributed by atoms with van der Waals surface area (Å²) in [5.41, 5.74) is 1.75. The molecule has 0 spiro atoms. The van der Waals surface area contributed by atoms with Crippen LogP contribution in [0.3, 0.4) is 0 Å². The van der Waals surface area contributed by atoms with Gasteiger partial charge in [-0.1, -0.05) is 23.2 Å². The SMILES string of the molecule is CCn1c(=O)c(C)nc2cc(C(=O)OCC(=O)c3ccc(Cl)cc3Cl)ccc21. The van der Waals surface area contributed by atoms with Crippen LogP contribution in [0.25, 0.3) is 11.0 Å². The van der Waals surface area contributed by atoms with E-state index in [0.29, 0.717) is 28.3 Å². The molecule has 0 N–H and O–H groups in total. The van der Waals surface area contributed by atoms with Gasteiger partial charge in [-0.15, -0.1) is 0 Å². The zero-order chi connectivity index (χ0) is 20.4. The fourth-order valence-electron chi connectivity index (χ4n) is 2.82. The summed E-state index contributed by atoms with van der Waals surface area (Å²) in [7, 11) is 0. The van der Waals surface area contributed by atoms with Gasteiger partial charge >= 0.3 is 5.97 Å². The number of aromatic nitrogens is 2. The molecule has 0 aliphatic rings. The topological polar surface area (TPSA) is 78.3 Å². The minimum Gasteiger partial charge on any atom is -0.454 e. The van der Waals surface area contributed by atoms with Crippen LogP contribution in [0.15, 0.2) is 41.2 Å². The van der Waals surface area contributed by atoms with Gasteiger partial charge in [-0.2, -0.15) is 0 Å². The molecule has 0 atom stereocenters. The lowest BCUT2D eigenvalue weighted by atomic mass is 10.1. The zero-order valence-electron chi connectivity index (χ0n) is 15.2. The molecule has 3 aromatic rings. The number of benzene rings is 2. The van der Waals surface area contributed by atoms with Crippen LogP contribution in [-0.2, 0) is 11.3 Å². The first kappa shape index (κ1) is 20.0. The number of hydrogen-bond donors (Lipinski definition) is 0. The summed E-state index contributed by atoms with van der Waals surface area (Å²) in [6.07, 6.45) is 0. The van der Waals surface area contributed by atoms with Gasteiger partial charge in [-0.3, -0.25) is 9.59 Å². The molecule has 3 rings (SSSR count). The molecule has 28 heavy (non-hydrogen) atoms. The van der Waals surface area contributed by atoms with Crippen molar-refractivity contribution in [2.75, 3.05) is 6.61 Å². The number of esters is 1. The molecule has 6 nitrogen and oxygen atoms in total. The molecule has 0 saturated heterocycles. The van der Waals surface area contributed by atoms with Crippen LogP contribution in [-0.4, -0.2) is 27.9 Å². The average Bonchev–Trinajstić information content (AvgIpc) is 2.66. The van der Waals surface area contributed by atoms with Crippen molar-refractivity contribution in [2.45, 2.75) is 20.4 Å². The minimum atomic E-state index is -0.672. The molecule has 1 heterocycles. The van der Waals surface area contributed by atoms with Crippen molar-refractivity contribution in [3.63, 3.8) is 0 Å². The van der Waals surface area contributed by atoms with Gasteiger partial charge in [0.25, 0.3) is 5.56 Å². The lowest BCUT2D eigenvalue weighted by Gasteiger charge is -2.10. The first-order valence-electron chi connectivity index (χ1n) is 8.48. The van der Waals surface area contributed by atoms with E-state index in [1.807, 2.05) is 6.92 Å². The molecule has 0 aliphatic carbocycles. The normalized spacial score (nSPS) is 10.9.